The first-order valence-electron chi connectivity index (χ1n) is 7.87. The van der Waals surface area contributed by atoms with Crippen molar-refractivity contribution in [2.75, 3.05) is 26.3 Å². The molecule has 2 aliphatic rings. The van der Waals surface area contributed by atoms with Gasteiger partial charge in [-0.3, -0.25) is 0 Å². The molecule has 23 heavy (non-hydrogen) atoms. The first kappa shape index (κ1) is 19.1. The molecule has 2 rings (SSSR count). The number of hydrogen-bond donors (Lipinski definition) is 5. The third kappa shape index (κ3) is 4.86. The van der Waals surface area contributed by atoms with Crippen LogP contribution in [0.25, 0.3) is 0 Å². The number of ether oxygens (including phenoxy) is 1. The van der Waals surface area contributed by atoms with Gasteiger partial charge < -0.3 is 26.3 Å². The van der Waals surface area contributed by atoms with Crippen LogP contribution >= 0.6 is 0 Å². The minimum atomic E-state index is -3.68. The molecule has 0 aromatic carbocycles. The lowest BCUT2D eigenvalue weighted by Gasteiger charge is -2.25. The van der Waals surface area contributed by atoms with E-state index in [4.69, 9.17) is 26.3 Å². The van der Waals surface area contributed by atoms with Crippen LogP contribution in [0.3, 0.4) is 0 Å². The molecule has 0 bridgehead atoms. The summed E-state index contributed by atoms with van der Waals surface area (Å²) in [6, 6.07) is -0.772. The summed E-state index contributed by atoms with van der Waals surface area (Å²) in [7, 11) is -5.02. The van der Waals surface area contributed by atoms with Crippen molar-refractivity contribution in [2.24, 2.45) is 17.4 Å². The topological polar surface area (TPSA) is 151 Å². The lowest BCUT2D eigenvalue weighted by Crippen LogP contribution is -2.52. The number of hydrogen-bond acceptors (Lipinski definition) is 7. The standard InChI is InChI=1S/C12H27BN4O5S/c1-12(15)8-17(5-9(12)3-2-4-13(18)19)23(20,21)16-11-7-22-6-10(11)14/h9-11,16,18-19H,2-8,14-15H2,1H3/t9-,10+,11-,12-/m0/s1. The minimum absolute atomic E-state index is 0.0358. The lowest BCUT2D eigenvalue weighted by molar-refractivity contribution is 0.189. The molecule has 2 fully saturated rings. The van der Waals surface area contributed by atoms with Crippen LogP contribution < -0.4 is 16.2 Å². The third-order valence-corrected chi connectivity index (χ3v) is 6.21. The molecule has 0 unspecified atom stereocenters. The quantitative estimate of drug-likeness (QED) is 0.317. The van der Waals surface area contributed by atoms with E-state index >= 15 is 0 Å². The van der Waals surface area contributed by atoms with Crippen LogP contribution in [0.5, 0.6) is 0 Å². The highest BCUT2D eigenvalue weighted by Crippen LogP contribution is 2.31. The first-order chi connectivity index (χ1) is 10.6. The summed E-state index contributed by atoms with van der Waals surface area (Å²) < 4.78 is 34.1. The van der Waals surface area contributed by atoms with Gasteiger partial charge in [-0.15, -0.1) is 0 Å². The number of rotatable bonds is 7. The smallest absolute Gasteiger partial charge is 0.427 e. The monoisotopic (exact) mass is 350 g/mol. The highest BCUT2D eigenvalue weighted by molar-refractivity contribution is 7.87. The molecule has 2 saturated heterocycles. The molecular weight excluding hydrogens is 323 g/mol. The second-order valence-corrected chi connectivity index (χ2v) is 8.54. The molecule has 0 spiro atoms. The van der Waals surface area contributed by atoms with E-state index in [2.05, 4.69) is 4.72 Å². The zero-order valence-electron chi connectivity index (χ0n) is 13.4. The van der Waals surface area contributed by atoms with Crippen LogP contribution in [-0.2, 0) is 14.9 Å². The second kappa shape index (κ2) is 7.32. The van der Waals surface area contributed by atoms with Crippen molar-refractivity contribution < 1.29 is 23.2 Å². The van der Waals surface area contributed by atoms with Crippen LogP contribution in [-0.4, -0.2) is 73.8 Å². The molecule has 0 amide bonds. The normalized spacial score (nSPS) is 35.8. The Bertz CT molecular complexity index is 504. The van der Waals surface area contributed by atoms with E-state index in [0.29, 0.717) is 26.0 Å². The minimum Gasteiger partial charge on any atom is -0.427 e. The van der Waals surface area contributed by atoms with Gasteiger partial charge in [-0.25, -0.2) is 0 Å². The molecule has 0 aliphatic carbocycles. The fraction of sp³-hybridized carbons (Fsp3) is 1.00. The average Bonchev–Trinajstić information content (AvgIpc) is 2.94. The van der Waals surface area contributed by atoms with Gasteiger partial charge in [-0.1, -0.05) is 6.42 Å². The van der Waals surface area contributed by atoms with Crippen molar-refractivity contribution in [2.45, 2.75) is 43.7 Å². The zero-order valence-corrected chi connectivity index (χ0v) is 14.2. The van der Waals surface area contributed by atoms with Crippen LogP contribution in [0.15, 0.2) is 0 Å². The number of nitrogens with zero attached hydrogens (tertiary/aromatic N) is 1. The van der Waals surface area contributed by atoms with E-state index in [9.17, 15) is 8.42 Å². The molecule has 2 aliphatic heterocycles. The number of nitrogens with one attached hydrogen (secondary N) is 1. The van der Waals surface area contributed by atoms with Crippen molar-refractivity contribution in [3.8, 4) is 0 Å². The SMILES string of the molecule is C[C@]1(N)CN(S(=O)(=O)N[C@H]2COC[C@H]2N)C[C@@H]1CCCB(O)O. The third-order valence-electron chi connectivity index (χ3n) is 4.65. The van der Waals surface area contributed by atoms with Crippen LogP contribution in [0.4, 0.5) is 0 Å². The molecule has 11 heteroatoms. The molecule has 0 aromatic heterocycles. The van der Waals surface area contributed by atoms with E-state index < -0.39 is 28.9 Å². The van der Waals surface area contributed by atoms with E-state index in [1.54, 1.807) is 0 Å². The van der Waals surface area contributed by atoms with Crippen LogP contribution in [0, 0.1) is 5.92 Å². The van der Waals surface area contributed by atoms with E-state index in [0.717, 1.165) is 0 Å². The maximum Gasteiger partial charge on any atom is 0.451 e. The van der Waals surface area contributed by atoms with Crippen LogP contribution in [0.2, 0.25) is 6.32 Å². The molecule has 7 N–H and O–H groups in total. The Hall–Kier alpha value is -0.265. The molecule has 0 saturated carbocycles. The van der Waals surface area contributed by atoms with Crippen LogP contribution in [0.1, 0.15) is 19.8 Å². The molecular formula is C12H27BN4O5S. The lowest BCUT2D eigenvalue weighted by atomic mass is 9.79. The van der Waals surface area contributed by atoms with Crippen molar-refractivity contribution in [1.82, 2.24) is 9.03 Å². The summed E-state index contributed by atoms with van der Waals surface area (Å²) in [5.74, 6) is -0.0358. The first-order valence-corrected chi connectivity index (χ1v) is 9.31. The highest BCUT2D eigenvalue weighted by Gasteiger charge is 2.45. The zero-order chi connectivity index (χ0) is 17.3. The predicted octanol–water partition coefficient (Wildman–Crippen LogP) is -2.55. The largest absolute Gasteiger partial charge is 0.451 e. The summed E-state index contributed by atoms with van der Waals surface area (Å²) in [5, 5.41) is 17.8. The Balaban J connectivity index is 1.95. The van der Waals surface area contributed by atoms with E-state index in [-0.39, 0.29) is 31.4 Å². The fourth-order valence-corrected chi connectivity index (χ4v) is 4.74. The van der Waals surface area contributed by atoms with Crippen molar-refractivity contribution in [3.63, 3.8) is 0 Å². The van der Waals surface area contributed by atoms with Gasteiger partial charge in [-0.2, -0.15) is 17.4 Å². The van der Waals surface area contributed by atoms with Gasteiger partial charge in [0.05, 0.1) is 19.3 Å². The molecule has 134 valence electrons. The Morgan fingerprint density at radius 1 is 1.43 bits per heavy atom. The van der Waals surface area contributed by atoms with E-state index in [1.165, 1.54) is 4.31 Å². The summed E-state index contributed by atoms with van der Waals surface area (Å²) in [4.78, 5) is 0. The summed E-state index contributed by atoms with van der Waals surface area (Å²) in [6.45, 7) is 2.97. The molecule has 2 heterocycles. The molecule has 9 nitrogen and oxygen atoms in total. The fourth-order valence-electron chi connectivity index (χ4n) is 3.14. The Kier molecular flexibility index (Phi) is 6.07. The Morgan fingerprint density at radius 3 is 2.70 bits per heavy atom. The van der Waals surface area contributed by atoms with Crippen molar-refractivity contribution >= 4 is 17.3 Å². The van der Waals surface area contributed by atoms with Gasteiger partial charge in [0.25, 0.3) is 10.2 Å². The highest BCUT2D eigenvalue weighted by atomic mass is 32.2. The van der Waals surface area contributed by atoms with Gasteiger partial charge in [0.15, 0.2) is 0 Å². The average molecular weight is 350 g/mol. The number of nitrogens with two attached hydrogens (primary N) is 2. The molecule has 0 aromatic rings. The van der Waals surface area contributed by atoms with Gasteiger partial charge >= 0.3 is 7.12 Å². The Morgan fingerprint density at radius 2 is 2.13 bits per heavy atom. The van der Waals surface area contributed by atoms with Gasteiger partial charge in [0.2, 0.25) is 0 Å². The van der Waals surface area contributed by atoms with Crippen molar-refractivity contribution in [3.05, 3.63) is 0 Å². The van der Waals surface area contributed by atoms with Gasteiger partial charge in [-0.05, 0) is 25.6 Å². The summed E-state index contributed by atoms with van der Waals surface area (Å²) in [5.41, 5.74) is 11.4. The summed E-state index contributed by atoms with van der Waals surface area (Å²) in [6.07, 6.45) is 1.48. The Labute approximate surface area is 137 Å². The molecule has 0 radical (unpaired) electrons. The van der Waals surface area contributed by atoms with Gasteiger partial charge in [0.1, 0.15) is 0 Å². The molecule has 4 atom stereocenters. The predicted molar refractivity (Wildman–Crippen MR) is 86.5 cm³/mol. The maximum atomic E-state index is 12.5. The summed E-state index contributed by atoms with van der Waals surface area (Å²) >= 11 is 0. The second-order valence-electron chi connectivity index (χ2n) is 6.84. The van der Waals surface area contributed by atoms with E-state index in [1.807, 2.05) is 6.92 Å². The maximum absolute atomic E-state index is 12.5. The van der Waals surface area contributed by atoms with Crippen molar-refractivity contribution in [1.29, 1.82) is 0 Å². The van der Waals surface area contributed by atoms with Gasteiger partial charge in [0, 0.05) is 24.7 Å².